The van der Waals surface area contributed by atoms with Gasteiger partial charge in [0.1, 0.15) is 11.4 Å². The van der Waals surface area contributed by atoms with Gasteiger partial charge >= 0.3 is 0 Å². The summed E-state index contributed by atoms with van der Waals surface area (Å²) in [6, 6.07) is 10.7. The minimum Gasteiger partial charge on any atom is -0.464 e. The molecular formula is C20H23N3O. The molecule has 0 atom stereocenters. The Kier molecular flexibility index (Phi) is 3.98. The van der Waals surface area contributed by atoms with Gasteiger partial charge in [0.25, 0.3) is 0 Å². The monoisotopic (exact) mass is 321 g/mol. The Hall–Kier alpha value is -2.33. The van der Waals surface area contributed by atoms with Gasteiger partial charge in [-0.1, -0.05) is 23.8 Å². The van der Waals surface area contributed by atoms with E-state index < -0.39 is 0 Å². The summed E-state index contributed by atoms with van der Waals surface area (Å²) in [6.07, 6.45) is 3.58. The molecule has 0 unspecified atom stereocenters. The first-order valence-electron chi connectivity index (χ1n) is 8.56. The smallest absolute Gasteiger partial charge is 0.139 e. The van der Waals surface area contributed by atoms with Crippen LogP contribution in [0.3, 0.4) is 0 Å². The normalized spacial score (nSPS) is 16.0. The van der Waals surface area contributed by atoms with Crippen molar-refractivity contribution in [2.75, 3.05) is 31.1 Å². The zero-order valence-corrected chi connectivity index (χ0v) is 14.3. The standard InChI is InChI=1S/C20H23N3O/c1-15-3-4-17(16(2)13-15)14-22-8-10-23(11-9-22)20-18-6-12-24-19(18)5-7-21-20/h3-7,12-13H,8-11,14H2,1-2H3. The third kappa shape index (κ3) is 2.89. The molecule has 0 radical (unpaired) electrons. The number of hydrogen-bond donors (Lipinski definition) is 0. The molecule has 0 bridgehead atoms. The van der Waals surface area contributed by atoms with Gasteiger partial charge in [-0.2, -0.15) is 0 Å². The lowest BCUT2D eigenvalue weighted by Crippen LogP contribution is -2.46. The Bertz CT molecular complexity index is 847. The van der Waals surface area contributed by atoms with Gasteiger partial charge in [0, 0.05) is 38.9 Å². The first-order chi connectivity index (χ1) is 11.7. The van der Waals surface area contributed by atoms with Gasteiger partial charge in [0.2, 0.25) is 0 Å². The van der Waals surface area contributed by atoms with Gasteiger partial charge in [0.15, 0.2) is 0 Å². The van der Waals surface area contributed by atoms with Crippen LogP contribution < -0.4 is 4.90 Å². The maximum absolute atomic E-state index is 5.50. The zero-order valence-electron chi connectivity index (χ0n) is 14.3. The van der Waals surface area contributed by atoms with Crippen molar-refractivity contribution in [2.45, 2.75) is 20.4 Å². The number of furan rings is 1. The highest BCUT2D eigenvalue weighted by molar-refractivity contribution is 5.88. The molecule has 1 aromatic carbocycles. The van der Waals surface area contributed by atoms with E-state index in [1.165, 1.54) is 16.7 Å². The van der Waals surface area contributed by atoms with Crippen LogP contribution in [-0.2, 0) is 6.54 Å². The number of benzene rings is 1. The van der Waals surface area contributed by atoms with Crippen molar-refractivity contribution in [2.24, 2.45) is 0 Å². The lowest BCUT2D eigenvalue weighted by Gasteiger charge is -2.35. The minimum atomic E-state index is 0.915. The van der Waals surface area contributed by atoms with Gasteiger partial charge in [-0.15, -0.1) is 0 Å². The molecule has 0 aliphatic carbocycles. The molecule has 24 heavy (non-hydrogen) atoms. The van der Waals surface area contributed by atoms with Gasteiger partial charge < -0.3 is 9.32 Å². The number of fused-ring (bicyclic) bond motifs is 1. The van der Waals surface area contributed by atoms with E-state index in [9.17, 15) is 0 Å². The molecule has 124 valence electrons. The van der Waals surface area contributed by atoms with Crippen LogP contribution in [0.5, 0.6) is 0 Å². The molecule has 3 heterocycles. The van der Waals surface area contributed by atoms with Crippen molar-refractivity contribution >= 4 is 16.8 Å². The van der Waals surface area contributed by atoms with Crippen molar-refractivity contribution in [3.05, 3.63) is 59.5 Å². The summed E-state index contributed by atoms with van der Waals surface area (Å²) in [6.45, 7) is 9.52. The Balaban J connectivity index is 1.44. The maximum atomic E-state index is 5.50. The molecule has 1 saturated heterocycles. The van der Waals surface area contributed by atoms with E-state index in [0.29, 0.717) is 0 Å². The van der Waals surface area contributed by atoms with Crippen LogP contribution in [0.25, 0.3) is 11.0 Å². The Morgan fingerprint density at radius 2 is 1.88 bits per heavy atom. The second kappa shape index (κ2) is 6.29. The van der Waals surface area contributed by atoms with Gasteiger partial charge in [0.05, 0.1) is 11.6 Å². The number of hydrogen-bond acceptors (Lipinski definition) is 4. The summed E-state index contributed by atoms with van der Waals surface area (Å²) in [5, 5.41) is 1.11. The number of rotatable bonds is 3. The number of anilines is 1. The SMILES string of the molecule is Cc1ccc(CN2CCN(c3nccc4occc34)CC2)c(C)c1. The molecule has 0 amide bonds. The first-order valence-corrected chi connectivity index (χ1v) is 8.56. The van der Waals surface area contributed by atoms with E-state index in [4.69, 9.17) is 4.42 Å². The van der Waals surface area contributed by atoms with Gasteiger partial charge in [-0.25, -0.2) is 4.98 Å². The summed E-state index contributed by atoms with van der Waals surface area (Å²) in [4.78, 5) is 9.49. The van der Waals surface area contributed by atoms with Crippen molar-refractivity contribution < 1.29 is 4.42 Å². The fourth-order valence-electron chi connectivity index (χ4n) is 3.51. The molecule has 1 aliphatic rings. The minimum absolute atomic E-state index is 0.915. The predicted octanol–water partition coefficient (Wildman–Crippen LogP) is 3.77. The molecule has 2 aromatic heterocycles. The van der Waals surface area contributed by atoms with Crippen LogP contribution in [0.1, 0.15) is 16.7 Å². The molecule has 3 aromatic rings. The maximum Gasteiger partial charge on any atom is 0.139 e. The van der Waals surface area contributed by atoms with Crippen molar-refractivity contribution in [3.63, 3.8) is 0 Å². The number of aryl methyl sites for hydroxylation is 2. The highest BCUT2D eigenvalue weighted by Gasteiger charge is 2.20. The molecule has 0 N–H and O–H groups in total. The van der Waals surface area contributed by atoms with E-state index in [1.807, 2.05) is 18.3 Å². The summed E-state index contributed by atoms with van der Waals surface area (Å²) in [5.74, 6) is 1.05. The molecule has 1 fully saturated rings. The molecule has 0 saturated carbocycles. The van der Waals surface area contributed by atoms with E-state index in [2.05, 4.69) is 46.8 Å². The summed E-state index contributed by atoms with van der Waals surface area (Å²) < 4.78 is 5.50. The van der Waals surface area contributed by atoms with Crippen LogP contribution >= 0.6 is 0 Å². The van der Waals surface area contributed by atoms with E-state index in [0.717, 1.165) is 49.5 Å². The topological polar surface area (TPSA) is 32.5 Å². The van der Waals surface area contributed by atoms with Crippen LogP contribution in [0.4, 0.5) is 5.82 Å². The number of aromatic nitrogens is 1. The fourth-order valence-corrected chi connectivity index (χ4v) is 3.51. The van der Waals surface area contributed by atoms with Crippen molar-refractivity contribution in [1.29, 1.82) is 0 Å². The Morgan fingerprint density at radius 3 is 2.67 bits per heavy atom. The second-order valence-electron chi connectivity index (χ2n) is 6.66. The fraction of sp³-hybridized carbons (Fsp3) is 0.350. The number of pyridine rings is 1. The lowest BCUT2D eigenvalue weighted by molar-refractivity contribution is 0.249. The molecule has 4 nitrogen and oxygen atoms in total. The Morgan fingerprint density at radius 1 is 1.04 bits per heavy atom. The highest BCUT2D eigenvalue weighted by atomic mass is 16.3. The summed E-state index contributed by atoms with van der Waals surface area (Å²) in [7, 11) is 0. The molecule has 1 aliphatic heterocycles. The first kappa shape index (κ1) is 15.2. The highest BCUT2D eigenvalue weighted by Crippen LogP contribution is 2.26. The van der Waals surface area contributed by atoms with Crippen molar-refractivity contribution in [1.82, 2.24) is 9.88 Å². The largest absolute Gasteiger partial charge is 0.464 e. The van der Waals surface area contributed by atoms with Crippen molar-refractivity contribution in [3.8, 4) is 0 Å². The average molecular weight is 321 g/mol. The predicted molar refractivity (Wildman–Crippen MR) is 97.4 cm³/mol. The third-order valence-electron chi connectivity index (χ3n) is 4.92. The summed E-state index contributed by atoms with van der Waals surface area (Å²) in [5.41, 5.74) is 5.07. The van der Waals surface area contributed by atoms with Gasteiger partial charge in [-0.05, 0) is 37.1 Å². The molecule has 4 rings (SSSR count). The quantitative estimate of drug-likeness (QED) is 0.735. The van der Waals surface area contributed by atoms with Crippen LogP contribution in [-0.4, -0.2) is 36.1 Å². The zero-order chi connectivity index (χ0) is 16.5. The van der Waals surface area contributed by atoms with Crippen LogP contribution in [0.15, 0.2) is 47.2 Å². The molecule has 0 spiro atoms. The lowest BCUT2D eigenvalue weighted by atomic mass is 10.1. The summed E-state index contributed by atoms with van der Waals surface area (Å²) >= 11 is 0. The third-order valence-corrected chi connectivity index (χ3v) is 4.92. The molecular weight excluding hydrogens is 298 g/mol. The second-order valence-corrected chi connectivity index (χ2v) is 6.66. The molecule has 4 heteroatoms. The van der Waals surface area contributed by atoms with Crippen LogP contribution in [0, 0.1) is 13.8 Å². The number of piperazine rings is 1. The number of nitrogens with zero attached hydrogens (tertiary/aromatic N) is 3. The Labute approximate surface area is 142 Å². The van der Waals surface area contributed by atoms with E-state index in [1.54, 1.807) is 6.26 Å². The van der Waals surface area contributed by atoms with Crippen LogP contribution in [0.2, 0.25) is 0 Å². The van der Waals surface area contributed by atoms with E-state index >= 15 is 0 Å². The van der Waals surface area contributed by atoms with Gasteiger partial charge in [-0.3, -0.25) is 4.90 Å². The average Bonchev–Trinajstić information content (AvgIpc) is 3.07. The van der Waals surface area contributed by atoms with E-state index in [-0.39, 0.29) is 0 Å².